The molecule has 4 fully saturated rings. The number of allylic oxidation sites excluding steroid dienone is 2. The van der Waals surface area contributed by atoms with Gasteiger partial charge in [-0.3, -0.25) is 4.79 Å². The van der Waals surface area contributed by atoms with Crippen LogP contribution in [-0.4, -0.2) is 17.0 Å². The Bertz CT molecular complexity index is 695. The standard InChI is InChI=1S/C29H48O2/c1-7-20(18(2)3)9-8-19(4)23-10-11-24-27-25(13-15-29(23,24)6)28(5)14-12-22(30)16-21(28)17-26(27)31/h8-9,18-21,23-27,31H,7,10-17H2,1-6H3/b9-8+/t19?,20?,21-,23-,24?,25?,26-,27?,28+,29-/m1/s1. The summed E-state index contributed by atoms with van der Waals surface area (Å²) in [5.74, 6) is 5.33. The topological polar surface area (TPSA) is 37.3 Å². The van der Waals surface area contributed by atoms with Gasteiger partial charge in [0.1, 0.15) is 5.78 Å². The zero-order valence-electron chi connectivity index (χ0n) is 21.1. The van der Waals surface area contributed by atoms with E-state index in [9.17, 15) is 9.90 Å². The zero-order chi connectivity index (χ0) is 22.6. The SMILES string of the molecule is CCC(/C=C/C(C)[C@H]1CCC2C3C(CC[C@@]21C)[C@@]1(C)CCC(=O)C[C@@H]1C[C@H]3O)C(C)C. The maximum Gasteiger partial charge on any atom is 0.133 e. The van der Waals surface area contributed by atoms with Crippen molar-refractivity contribution in [1.82, 2.24) is 0 Å². The minimum absolute atomic E-state index is 0.200. The van der Waals surface area contributed by atoms with Crippen LogP contribution in [0.15, 0.2) is 12.2 Å². The summed E-state index contributed by atoms with van der Waals surface area (Å²) in [5.41, 5.74) is 0.632. The third kappa shape index (κ3) is 3.87. The Morgan fingerprint density at radius 1 is 1.03 bits per heavy atom. The highest BCUT2D eigenvalue weighted by molar-refractivity contribution is 5.79. The molecular weight excluding hydrogens is 380 g/mol. The second-order valence-electron chi connectivity index (χ2n) is 12.8. The summed E-state index contributed by atoms with van der Waals surface area (Å²) < 4.78 is 0. The Kier molecular flexibility index (Phi) is 6.54. The van der Waals surface area contributed by atoms with Crippen molar-refractivity contribution < 1.29 is 9.90 Å². The van der Waals surface area contributed by atoms with Gasteiger partial charge in [-0.15, -0.1) is 0 Å². The fourth-order valence-corrected chi connectivity index (χ4v) is 9.20. The number of rotatable bonds is 5. The summed E-state index contributed by atoms with van der Waals surface area (Å²) >= 11 is 0. The molecule has 0 radical (unpaired) electrons. The largest absolute Gasteiger partial charge is 0.393 e. The highest BCUT2D eigenvalue weighted by Crippen LogP contribution is 2.68. The Morgan fingerprint density at radius 2 is 1.74 bits per heavy atom. The van der Waals surface area contributed by atoms with Crippen molar-refractivity contribution >= 4 is 5.78 Å². The van der Waals surface area contributed by atoms with Crippen molar-refractivity contribution in [2.75, 3.05) is 0 Å². The first-order chi connectivity index (χ1) is 14.6. The molecule has 10 atom stereocenters. The van der Waals surface area contributed by atoms with E-state index in [1.54, 1.807) is 0 Å². The van der Waals surface area contributed by atoms with Gasteiger partial charge < -0.3 is 5.11 Å². The molecule has 5 unspecified atom stereocenters. The fourth-order valence-electron chi connectivity index (χ4n) is 9.20. The van der Waals surface area contributed by atoms with Crippen LogP contribution in [0.25, 0.3) is 0 Å². The van der Waals surface area contributed by atoms with Gasteiger partial charge in [0, 0.05) is 12.8 Å². The second-order valence-corrected chi connectivity index (χ2v) is 12.8. The van der Waals surface area contributed by atoms with Gasteiger partial charge in [-0.1, -0.05) is 53.7 Å². The molecule has 0 heterocycles. The zero-order valence-corrected chi connectivity index (χ0v) is 21.1. The van der Waals surface area contributed by atoms with E-state index in [1.807, 2.05) is 0 Å². The minimum atomic E-state index is -0.200. The van der Waals surface area contributed by atoms with Crippen LogP contribution >= 0.6 is 0 Å². The van der Waals surface area contributed by atoms with Crippen LogP contribution in [0.1, 0.15) is 99.3 Å². The second kappa shape index (κ2) is 8.62. The van der Waals surface area contributed by atoms with E-state index < -0.39 is 0 Å². The molecule has 0 amide bonds. The van der Waals surface area contributed by atoms with E-state index >= 15 is 0 Å². The van der Waals surface area contributed by atoms with Crippen LogP contribution in [-0.2, 0) is 4.79 Å². The van der Waals surface area contributed by atoms with E-state index in [1.165, 1.54) is 32.1 Å². The van der Waals surface area contributed by atoms with Crippen LogP contribution in [0, 0.1) is 58.2 Å². The number of Topliss-reactive ketones (excluding diaryl/α,β-unsaturated/α-hetero) is 1. The van der Waals surface area contributed by atoms with Crippen LogP contribution in [0.2, 0.25) is 0 Å². The molecule has 2 heteroatoms. The third-order valence-corrected chi connectivity index (χ3v) is 11.2. The fraction of sp³-hybridized carbons (Fsp3) is 0.897. The van der Waals surface area contributed by atoms with Gasteiger partial charge in [0.05, 0.1) is 6.10 Å². The maximum absolute atomic E-state index is 12.2. The number of carbonyl (C=O) groups excluding carboxylic acids is 1. The van der Waals surface area contributed by atoms with E-state index in [0.29, 0.717) is 52.6 Å². The van der Waals surface area contributed by atoms with E-state index in [4.69, 9.17) is 0 Å². The average molecular weight is 429 g/mol. The average Bonchev–Trinajstić information content (AvgIpc) is 3.06. The number of fused-ring (bicyclic) bond motifs is 5. The molecule has 0 spiro atoms. The monoisotopic (exact) mass is 428 g/mol. The molecule has 4 aliphatic rings. The molecule has 4 rings (SSSR count). The van der Waals surface area contributed by atoms with Crippen molar-refractivity contribution in [1.29, 1.82) is 0 Å². The number of hydrogen-bond acceptors (Lipinski definition) is 2. The maximum atomic E-state index is 12.2. The normalized spacial score (nSPS) is 47.2. The molecule has 0 aromatic heterocycles. The number of ketones is 1. The van der Waals surface area contributed by atoms with Gasteiger partial charge in [-0.2, -0.15) is 0 Å². The van der Waals surface area contributed by atoms with Gasteiger partial charge in [0.15, 0.2) is 0 Å². The van der Waals surface area contributed by atoms with E-state index in [-0.39, 0.29) is 11.5 Å². The summed E-state index contributed by atoms with van der Waals surface area (Å²) in [6.07, 6.45) is 14.7. The summed E-state index contributed by atoms with van der Waals surface area (Å²) in [4.78, 5) is 12.2. The first-order valence-electron chi connectivity index (χ1n) is 13.5. The lowest BCUT2D eigenvalue weighted by Gasteiger charge is -2.61. The Morgan fingerprint density at radius 3 is 2.42 bits per heavy atom. The molecule has 0 aliphatic heterocycles. The molecule has 4 saturated carbocycles. The molecule has 0 bridgehead atoms. The van der Waals surface area contributed by atoms with E-state index in [0.717, 1.165) is 31.6 Å². The molecule has 4 aliphatic carbocycles. The van der Waals surface area contributed by atoms with Gasteiger partial charge in [0.25, 0.3) is 0 Å². The highest BCUT2D eigenvalue weighted by atomic mass is 16.3. The molecular formula is C29H48O2. The van der Waals surface area contributed by atoms with Crippen LogP contribution < -0.4 is 0 Å². The van der Waals surface area contributed by atoms with Crippen molar-refractivity contribution in [3.05, 3.63) is 12.2 Å². The van der Waals surface area contributed by atoms with Crippen LogP contribution in [0.4, 0.5) is 0 Å². The Balaban J connectivity index is 1.54. The lowest BCUT2D eigenvalue weighted by Crippen LogP contribution is -2.58. The molecule has 176 valence electrons. The predicted octanol–water partition coefficient (Wildman–Crippen LogP) is 7.06. The lowest BCUT2D eigenvalue weighted by atomic mass is 9.44. The molecule has 2 nitrogen and oxygen atoms in total. The number of hydrogen-bond donors (Lipinski definition) is 1. The first kappa shape index (κ1) is 23.5. The quantitative estimate of drug-likeness (QED) is 0.476. The van der Waals surface area contributed by atoms with Gasteiger partial charge in [-0.25, -0.2) is 0 Å². The molecule has 0 saturated heterocycles. The third-order valence-electron chi connectivity index (χ3n) is 11.2. The molecule has 1 N–H and O–H groups in total. The van der Waals surface area contributed by atoms with Crippen molar-refractivity contribution in [2.24, 2.45) is 58.2 Å². The molecule has 31 heavy (non-hydrogen) atoms. The summed E-state index contributed by atoms with van der Waals surface area (Å²) in [6, 6.07) is 0. The smallest absolute Gasteiger partial charge is 0.133 e. The van der Waals surface area contributed by atoms with Crippen molar-refractivity contribution in [3.8, 4) is 0 Å². The van der Waals surface area contributed by atoms with E-state index in [2.05, 4.69) is 53.7 Å². The Hall–Kier alpha value is -0.630. The van der Waals surface area contributed by atoms with Gasteiger partial charge in [-0.05, 0) is 103 Å². The molecule has 0 aromatic rings. The van der Waals surface area contributed by atoms with Gasteiger partial charge in [0.2, 0.25) is 0 Å². The van der Waals surface area contributed by atoms with Crippen molar-refractivity contribution in [2.45, 2.75) is 105 Å². The first-order valence-corrected chi connectivity index (χ1v) is 13.5. The number of aliphatic hydroxyl groups excluding tert-OH is 1. The van der Waals surface area contributed by atoms with Crippen LogP contribution in [0.5, 0.6) is 0 Å². The molecule has 0 aromatic carbocycles. The summed E-state index contributed by atoms with van der Waals surface area (Å²) in [5, 5.41) is 11.4. The number of aliphatic hydroxyl groups is 1. The summed E-state index contributed by atoms with van der Waals surface area (Å²) in [7, 11) is 0. The summed E-state index contributed by atoms with van der Waals surface area (Å²) in [6.45, 7) is 14.5. The Labute approximate surface area is 191 Å². The predicted molar refractivity (Wildman–Crippen MR) is 129 cm³/mol. The lowest BCUT2D eigenvalue weighted by molar-refractivity contribution is -0.168. The minimum Gasteiger partial charge on any atom is -0.393 e. The van der Waals surface area contributed by atoms with Crippen molar-refractivity contribution in [3.63, 3.8) is 0 Å². The number of carbonyl (C=O) groups is 1. The van der Waals surface area contributed by atoms with Gasteiger partial charge >= 0.3 is 0 Å². The highest BCUT2D eigenvalue weighted by Gasteiger charge is 2.62. The van der Waals surface area contributed by atoms with Crippen LogP contribution in [0.3, 0.4) is 0 Å².